The maximum absolute atomic E-state index is 10.4. The van der Waals surface area contributed by atoms with E-state index in [4.69, 9.17) is 5.73 Å². The third-order valence-electron chi connectivity index (χ3n) is 2.03. The Hall–Kier alpha value is -1.59. The molecule has 6 nitrogen and oxygen atoms in total. The SMILES string of the molecule is CCCCCn1ncc([N+](=O)[O-])c1N. The molecule has 0 amide bonds. The number of aryl methyl sites for hydroxylation is 1. The van der Waals surface area contributed by atoms with Crippen molar-refractivity contribution in [1.82, 2.24) is 9.78 Å². The quantitative estimate of drug-likeness (QED) is 0.442. The average molecular weight is 198 g/mol. The molecule has 1 heterocycles. The summed E-state index contributed by atoms with van der Waals surface area (Å²) in [6.45, 7) is 2.74. The molecule has 0 aromatic carbocycles. The van der Waals surface area contributed by atoms with Crippen molar-refractivity contribution in [3.05, 3.63) is 16.3 Å². The Kier molecular flexibility index (Phi) is 3.44. The van der Waals surface area contributed by atoms with Gasteiger partial charge in [-0.25, -0.2) is 4.68 Å². The van der Waals surface area contributed by atoms with E-state index in [1.54, 1.807) is 0 Å². The van der Waals surface area contributed by atoms with Gasteiger partial charge in [-0.15, -0.1) is 0 Å². The number of hydrogen-bond donors (Lipinski definition) is 1. The standard InChI is InChI=1S/C8H14N4O2/c1-2-3-4-5-11-8(9)7(6-10-11)12(13)14/h6H,2-5,9H2,1H3. The summed E-state index contributed by atoms with van der Waals surface area (Å²) in [6, 6.07) is 0. The second-order valence-corrected chi connectivity index (χ2v) is 3.10. The van der Waals surface area contributed by atoms with Crippen LogP contribution in [0.4, 0.5) is 11.5 Å². The van der Waals surface area contributed by atoms with Gasteiger partial charge in [0.15, 0.2) is 0 Å². The Morgan fingerprint density at radius 1 is 1.64 bits per heavy atom. The summed E-state index contributed by atoms with van der Waals surface area (Å²) in [6.07, 6.45) is 4.32. The highest BCUT2D eigenvalue weighted by atomic mass is 16.6. The molecule has 6 heteroatoms. The molecule has 0 aliphatic carbocycles. The van der Waals surface area contributed by atoms with Gasteiger partial charge < -0.3 is 5.73 Å². The van der Waals surface area contributed by atoms with Crippen molar-refractivity contribution in [3.63, 3.8) is 0 Å². The first-order valence-electron chi connectivity index (χ1n) is 4.62. The maximum Gasteiger partial charge on any atom is 0.330 e. The lowest BCUT2D eigenvalue weighted by Gasteiger charge is -2.01. The molecule has 0 saturated carbocycles. The van der Waals surface area contributed by atoms with E-state index >= 15 is 0 Å². The van der Waals surface area contributed by atoms with Crippen molar-refractivity contribution in [1.29, 1.82) is 0 Å². The first-order valence-corrected chi connectivity index (χ1v) is 4.62. The molecular weight excluding hydrogens is 184 g/mol. The normalized spacial score (nSPS) is 10.4. The highest BCUT2D eigenvalue weighted by Crippen LogP contribution is 2.19. The van der Waals surface area contributed by atoms with Crippen molar-refractivity contribution >= 4 is 11.5 Å². The number of aromatic nitrogens is 2. The van der Waals surface area contributed by atoms with Crippen LogP contribution in [0.5, 0.6) is 0 Å². The number of nitrogen functional groups attached to an aromatic ring is 1. The zero-order valence-electron chi connectivity index (χ0n) is 8.14. The minimum atomic E-state index is -0.515. The second-order valence-electron chi connectivity index (χ2n) is 3.10. The molecule has 0 aliphatic rings. The highest BCUT2D eigenvalue weighted by Gasteiger charge is 2.16. The predicted octanol–water partition coefficient (Wildman–Crippen LogP) is 1.56. The summed E-state index contributed by atoms with van der Waals surface area (Å²) >= 11 is 0. The summed E-state index contributed by atoms with van der Waals surface area (Å²) in [5, 5.41) is 14.3. The van der Waals surface area contributed by atoms with Gasteiger partial charge in [0.25, 0.3) is 0 Å². The fourth-order valence-electron chi connectivity index (χ4n) is 1.22. The first-order chi connectivity index (χ1) is 6.66. The maximum atomic E-state index is 10.4. The predicted molar refractivity (Wildman–Crippen MR) is 52.8 cm³/mol. The summed E-state index contributed by atoms with van der Waals surface area (Å²) < 4.78 is 1.48. The molecular formula is C8H14N4O2. The lowest BCUT2D eigenvalue weighted by molar-refractivity contribution is -0.384. The monoisotopic (exact) mass is 198 g/mol. The Bertz CT molecular complexity index is 321. The molecule has 1 rings (SSSR count). The Labute approximate surface area is 81.9 Å². The molecule has 0 saturated heterocycles. The average Bonchev–Trinajstić information content (AvgIpc) is 2.48. The van der Waals surface area contributed by atoms with Crippen LogP contribution in [0, 0.1) is 10.1 Å². The molecule has 0 atom stereocenters. The minimum absolute atomic E-state index is 0.110. The Morgan fingerprint density at radius 3 is 2.86 bits per heavy atom. The molecule has 0 bridgehead atoms. The van der Waals surface area contributed by atoms with E-state index in [1.807, 2.05) is 0 Å². The van der Waals surface area contributed by atoms with Gasteiger partial charge in [0, 0.05) is 6.54 Å². The number of nitro groups is 1. The van der Waals surface area contributed by atoms with Gasteiger partial charge in [0.1, 0.15) is 6.20 Å². The van der Waals surface area contributed by atoms with Crippen LogP contribution in [0.25, 0.3) is 0 Å². The van der Waals surface area contributed by atoms with Crippen molar-refractivity contribution in [3.8, 4) is 0 Å². The Morgan fingerprint density at radius 2 is 2.36 bits per heavy atom. The van der Waals surface area contributed by atoms with E-state index in [2.05, 4.69) is 12.0 Å². The van der Waals surface area contributed by atoms with Gasteiger partial charge in [0.05, 0.1) is 4.92 Å². The number of hydrogen-bond acceptors (Lipinski definition) is 4. The molecule has 0 fully saturated rings. The molecule has 0 unspecified atom stereocenters. The zero-order chi connectivity index (χ0) is 10.6. The lowest BCUT2D eigenvalue weighted by Crippen LogP contribution is -2.05. The van der Waals surface area contributed by atoms with Gasteiger partial charge in [-0.1, -0.05) is 19.8 Å². The van der Waals surface area contributed by atoms with E-state index in [9.17, 15) is 10.1 Å². The number of nitrogens with two attached hydrogens (primary N) is 1. The minimum Gasteiger partial charge on any atom is -0.378 e. The molecule has 2 N–H and O–H groups in total. The molecule has 1 aromatic heterocycles. The molecule has 0 radical (unpaired) electrons. The van der Waals surface area contributed by atoms with Gasteiger partial charge in [-0.3, -0.25) is 10.1 Å². The fraction of sp³-hybridized carbons (Fsp3) is 0.625. The summed E-state index contributed by atoms with van der Waals surface area (Å²) in [5.74, 6) is 0.145. The molecule has 78 valence electrons. The summed E-state index contributed by atoms with van der Waals surface area (Å²) in [7, 11) is 0. The van der Waals surface area contributed by atoms with E-state index in [1.165, 1.54) is 10.9 Å². The van der Waals surface area contributed by atoms with E-state index in [0.717, 1.165) is 19.3 Å². The highest BCUT2D eigenvalue weighted by molar-refractivity contribution is 5.51. The Balaban J connectivity index is 2.65. The van der Waals surface area contributed by atoms with Gasteiger partial charge >= 0.3 is 5.69 Å². The van der Waals surface area contributed by atoms with Crippen LogP contribution in [0.1, 0.15) is 26.2 Å². The summed E-state index contributed by atoms with van der Waals surface area (Å²) in [4.78, 5) is 9.92. The van der Waals surface area contributed by atoms with Crippen LogP contribution in [0.2, 0.25) is 0 Å². The number of unbranched alkanes of at least 4 members (excludes halogenated alkanes) is 2. The first kappa shape index (κ1) is 10.5. The van der Waals surface area contributed by atoms with Crippen molar-refractivity contribution in [2.24, 2.45) is 0 Å². The van der Waals surface area contributed by atoms with Crippen molar-refractivity contribution in [2.75, 3.05) is 5.73 Å². The van der Waals surface area contributed by atoms with Crippen LogP contribution in [0.15, 0.2) is 6.20 Å². The summed E-state index contributed by atoms with van der Waals surface area (Å²) in [5.41, 5.74) is 5.44. The van der Waals surface area contributed by atoms with Crippen LogP contribution >= 0.6 is 0 Å². The largest absolute Gasteiger partial charge is 0.378 e. The topological polar surface area (TPSA) is 87.0 Å². The second kappa shape index (κ2) is 4.59. The number of nitrogens with zero attached hydrogens (tertiary/aromatic N) is 3. The lowest BCUT2D eigenvalue weighted by atomic mass is 10.2. The van der Waals surface area contributed by atoms with Crippen LogP contribution in [-0.2, 0) is 6.54 Å². The van der Waals surface area contributed by atoms with Gasteiger partial charge in [-0.2, -0.15) is 5.10 Å². The molecule has 14 heavy (non-hydrogen) atoms. The van der Waals surface area contributed by atoms with Crippen molar-refractivity contribution < 1.29 is 4.92 Å². The van der Waals surface area contributed by atoms with Gasteiger partial charge in [-0.05, 0) is 6.42 Å². The van der Waals surface area contributed by atoms with Gasteiger partial charge in [0.2, 0.25) is 5.82 Å². The van der Waals surface area contributed by atoms with Crippen LogP contribution in [-0.4, -0.2) is 14.7 Å². The van der Waals surface area contributed by atoms with E-state index < -0.39 is 4.92 Å². The molecule has 0 aliphatic heterocycles. The third kappa shape index (κ3) is 2.21. The fourth-order valence-corrected chi connectivity index (χ4v) is 1.22. The smallest absolute Gasteiger partial charge is 0.330 e. The van der Waals surface area contributed by atoms with Crippen molar-refractivity contribution in [2.45, 2.75) is 32.7 Å². The number of anilines is 1. The van der Waals surface area contributed by atoms with Crippen LogP contribution < -0.4 is 5.73 Å². The molecule has 0 spiro atoms. The third-order valence-corrected chi connectivity index (χ3v) is 2.03. The molecule has 1 aromatic rings. The van der Waals surface area contributed by atoms with E-state index in [-0.39, 0.29) is 11.5 Å². The zero-order valence-corrected chi connectivity index (χ0v) is 8.14. The van der Waals surface area contributed by atoms with Crippen LogP contribution in [0.3, 0.4) is 0 Å². The number of rotatable bonds is 5. The van der Waals surface area contributed by atoms with E-state index in [0.29, 0.717) is 6.54 Å².